The fourth-order valence-electron chi connectivity index (χ4n) is 1.60. The largest absolute Gasteiger partial charge is 0.468 e. The SMILES string of the molecule is O=C1Cc2occc2C(=O)N1CC(F)(F)CO. The molecule has 0 atom stereocenters. The van der Waals surface area contributed by atoms with Crippen LogP contribution in [0.25, 0.3) is 0 Å². The molecule has 0 spiro atoms. The van der Waals surface area contributed by atoms with Crippen molar-refractivity contribution < 1.29 is 27.9 Å². The van der Waals surface area contributed by atoms with Crippen molar-refractivity contribution in [2.45, 2.75) is 12.3 Å². The Labute approximate surface area is 94.6 Å². The van der Waals surface area contributed by atoms with E-state index in [9.17, 15) is 18.4 Å². The van der Waals surface area contributed by atoms with E-state index in [1.54, 1.807) is 0 Å². The summed E-state index contributed by atoms with van der Waals surface area (Å²) >= 11 is 0. The lowest BCUT2D eigenvalue weighted by molar-refractivity contribution is -0.135. The van der Waals surface area contributed by atoms with Gasteiger partial charge in [0.25, 0.3) is 11.8 Å². The van der Waals surface area contributed by atoms with Gasteiger partial charge < -0.3 is 9.52 Å². The van der Waals surface area contributed by atoms with Crippen LogP contribution < -0.4 is 0 Å². The molecule has 2 heterocycles. The third-order valence-electron chi connectivity index (χ3n) is 2.45. The summed E-state index contributed by atoms with van der Waals surface area (Å²) in [5.41, 5.74) is 0.110. The number of carbonyl (C=O) groups is 2. The van der Waals surface area contributed by atoms with E-state index in [1.807, 2.05) is 0 Å². The number of fused-ring (bicyclic) bond motifs is 1. The first-order valence-corrected chi connectivity index (χ1v) is 4.84. The van der Waals surface area contributed by atoms with Crippen LogP contribution in [-0.4, -0.2) is 40.9 Å². The van der Waals surface area contributed by atoms with E-state index in [4.69, 9.17) is 9.52 Å². The van der Waals surface area contributed by atoms with E-state index in [2.05, 4.69) is 0 Å². The van der Waals surface area contributed by atoms with Crippen molar-refractivity contribution in [3.63, 3.8) is 0 Å². The first-order chi connectivity index (χ1) is 7.94. The van der Waals surface area contributed by atoms with Gasteiger partial charge in [-0.15, -0.1) is 0 Å². The number of furan rings is 1. The maximum atomic E-state index is 13.0. The normalized spacial score (nSPS) is 16.3. The Bertz CT molecular complexity index is 469. The van der Waals surface area contributed by atoms with Crippen LogP contribution in [0.1, 0.15) is 16.1 Å². The van der Waals surface area contributed by atoms with Gasteiger partial charge in [0, 0.05) is 0 Å². The monoisotopic (exact) mass is 245 g/mol. The highest BCUT2D eigenvalue weighted by Gasteiger charge is 2.40. The highest BCUT2D eigenvalue weighted by Crippen LogP contribution is 2.24. The van der Waals surface area contributed by atoms with Gasteiger partial charge in [-0.25, -0.2) is 8.78 Å². The maximum Gasteiger partial charge on any atom is 0.288 e. The molecule has 1 aliphatic rings. The molecule has 1 aliphatic heterocycles. The zero-order valence-corrected chi connectivity index (χ0v) is 8.65. The molecule has 2 rings (SSSR count). The van der Waals surface area contributed by atoms with E-state index in [1.165, 1.54) is 12.3 Å². The Morgan fingerprint density at radius 3 is 2.82 bits per heavy atom. The first kappa shape index (κ1) is 11.7. The number of amides is 2. The minimum absolute atomic E-state index is 0.110. The van der Waals surface area contributed by atoms with Crippen molar-refractivity contribution in [2.24, 2.45) is 0 Å². The lowest BCUT2D eigenvalue weighted by Gasteiger charge is -2.27. The zero-order chi connectivity index (χ0) is 12.6. The van der Waals surface area contributed by atoms with E-state index in [-0.39, 0.29) is 17.7 Å². The number of rotatable bonds is 3. The van der Waals surface area contributed by atoms with E-state index in [0.717, 1.165) is 0 Å². The highest BCUT2D eigenvalue weighted by atomic mass is 19.3. The van der Waals surface area contributed by atoms with Crippen LogP contribution in [0.3, 0.4) is 0 Å². The summed E-state index contributed by atoms with van der Waals surface area (Å²) in [4.78, 5) is 23.6. The topological polar surface area (TPSA) is 70.8 Å². The molecule has 0 saturated carbocycles. The minimum atomic E-state index is -3.49. The molecule has 0 fully saturated rings. The van der Waals surface area contributed by atoms with Gasteiger partial charge >= 0.3 is 0 Å². The Morgan fingerprint density at radius 2 is 2.18 bits per heavy atom. The summed E-state index contributed by atoms with van der Waals surface area (Å²) in [7, 11) is 0. The molecule has 1 aromatic rings. The average molecular weight is 245 g/mol. The number of imide groups is 1. The van der Waals surface area contributed by atoms with Crippen LogP contribution in [0, 0.1) is 0 Å². The van der Waals surface area contributed by atoms with Crippen molar-refractivity contribution in [3.8, 4) is 0 Å². The molecule has 0 aromatic carbocycles. The van der Waals surface area contributed by atoms with Gasteiger partial charge in [-0.1, -0.05) is 0 Å². The van der Waals surface area contributed by atoms with Gasteiger partial charge in [0.05, 0.1) is 24.8 Å². The maximum absolute atomic E-state index is 13.0. The standard InChI is InChI=1S/C10H9F2NO4/c11-10(12,5-14)4-13-8(15)3-7-6(9(13)16)1-2-17-7/h1-2,14H,3-5H2. The second-order valence-electron chi connectivity index (χ2n) is 3.73. The molecule has 0 saturated heterocycles. The summed E-state index contributed by atoms with van der Waals surface area (Å²) in [6.07, 6.45) is 0.999. The molecule has 92 valence electrons. The highest BCUT2D eigenvalue weighted by molar-refractivity contribution is 6.09. The lowest BCUT2D eigenvalue weighted by Crippen LogP contribution is -2.48. The molecule has 1 N–H and O–H groups in total. The number of hydrogen-bond donors (Lipinski definition) is 1. The predicted octanol–water partition coefficient (Wildman–Crippen LogP) is 0.432. The summed E-state index contributed by atoms with van der Waals surface area (Å²) in [6.45, 7) is -2.53. The average Bonchev–Trinajstić information content (AvgIpc) is 2.72. The third kappa shape index (κ3) is 2.05. The van der Waals surface area contributed by atoms with Gasteiger partial charge in [0.15, 0.2) is 0 Å². The summed E-state index contributed by atoms with van der Waals surface area (Å²) in [5.74, 6) is -4.89. The Balaban J connectivity index is 2.26. The molecule has 2 amide bonds. The molecular weight excluding hydrogens is 236 g/mol. The molecular formula is C10H9F2NO4. The van der Waals surface area contributed by atoms with Crippen LogP contribution in [0.2, 0.25) is 0 Å². The minimum Gasteiger partial charge on any atom is -0.468 e. The van der Waals surface area contributed by atoms with Gasteiger partial charge in [-0.2, -0.15) is 0 Å². The number of aliphatic hydroxyl groups excluding tert-OH is 1. The predicted molar refractivity (Wildman–Crippen MR) is 50.5 cm³/mol. The molecule has 0 unspecified atom stereocenters. The Kier molecular flexibility index (Phi) is 2.70. The van der Waals surface area contributed by atoms with Gasteiger partial charge in [0.1, 0.15) is 12.4 Å². The smallest absolute Gasteiger partial charge is 0.288 e. The molecule has 0 bridgehead atoms. The fraction of sp³-hybridized carbons (Fsp3) is 0.400. The van der Waals surface area contributed by atoms with Crippen LogP contribution in [0.15, 0.2) is 16.7 Å². The van der Waals surface area contributed by atoms with Crippen LogP contribution in [0.4, 0.5) is 8.78 Å². The van der Waals surface area contributed by atoms with Crippen molar-refractivity contribution in [3.05, 3.63) is 23.7 Å². The molecule has 17 heavy (non-hydrogen) atoms. The van der Waals surface area contributed by atoms with Gasteiger partial charge in [-0.05, 0) is 6.07 Å². The Morgan fingerprint density at radius 1 is 1.47 bits per heavy atom. The van der Waals surface area contributed by atoms with E-state index in [0.29, 0.717) is 4.90 Å². The summed E-state index contributed by atoms with van der Waals surface area (Å²) in [5, 5.41) is 8.43. The molecule has 1 aromatic heterocycles. The van der Waals surface area contributed by atoms with Crippen molar-refractivity contribution in [2.75, 3.05) is 13.2 Å². The third-order valence-corrected chi connectivity index (χ3v) is 2.45. The number of halogens is 2. The first-order valence-electron chi connectivity index (χ1n) is 4.84. The van der Waals surface area contributed by atoms with Crippen LogP contribution in [-0.2, 0) is 11.2 Å². The fourth-order valence-corrected chi connectivity index (χ4v) is 1.60. The quantitative estimate of drug-likeness (QED) is 0.784. The van der Waals surface area contributed by atoms with Gasteiger partial charge in [0.2, 0.25) is 5.91 Å². The number of nitrogens with zero attached hydrogens (tertiary/aromatic N) is 1. The molecule has 0 aliphatic carbocycles. The second kappa shape index (κ2) is 3.92. The molecule has 7 heteroatoms. The molecule has 0 radical (unpaired) electrons. The molecule has 5 nitrogen and oxygen atoms in total. The van der Waals surface area contributed by atoms with Gasteiger partial charge in [-0.3, -0.25) is 14.5 Å². The Hall–Kier alpha value is -1.76. The van der Waals surface area contributed by atoms with Crippen LogP contribution >= 0.6 is 0 Å². The summed E-state index contributed by atoms with van der Waals surface area (Å²) < 4.78 is 30.8. The second-order valence-corrected chi connectivity index (χ2v) is 3.73. The van der Waals surface area contributed by atoms with Crippen molar-refractivity contribution in [1.82, 2.24) is 4.90 Å². The van der Waals surface area contributed by atoms with Crippen molar-refractivity contribution >= 4 is 11.8 Å². The number of hydrogen-bond acceptors (Lipinski definition) is 4. The number of aliphatic hydroxyl groups is 1. The zero-order valence-electron chi connectivity index (χ0n) is 8.65. The lowest BCUT2D eigenvalue weighted by atomic mass is 10.1. The van der Waals surface area contributed by atoms with E-state index < -0.39 is 30.9 Å². The summed E-state index contributed by atoms with van der Waals surface area (Å²) in [6, 6.07) is 1.33. The van der Waals surface area contributed by atoms with Crippen LogP contribution in [0.5, 0.6) is 0 Å². The number of alkyl halides is 2. The van der Waals surface area contributed by atoms with E-state index >= 15 is 0 Å². The van der Waals surface area contributed by atoms with Crippen molar-refractivity contribution in [1.29, 1.82) is 0 Å². The number of carbonyl (C=O) groups excluding carboxylic acids is 2.